The van der Waals surface area contributed by atoms with Crippen molar-refractivity contribution in [3.8, 4) is 0 Å². The quantitative estimate of drug-likeness (QED) is 0.690. The van der Waals surface area contributed by atoms with Crippen LogP contribution in [0.5, 0.6) is 0 Å². The Bertz CT molecular complexity index is 442. The summed E-state index contributed by atoms with van der Waals surface area (Å²) in [5.41, 5.74) is 0. The van der Waals surface area contributed by atoms with Crippen LogP contribution in [-0.2, 0) is 0 Å². The van der Waals surface area contributed by atoms with E-state index in [4.69, 9.17) is 0 Å². The summed E-state index contributed by atoms with van der Waals surface area (Å²) in [5.74, 6) is 0. The summed E-state index contributed by atoms with van der Waals surface area (Å²) in [7, 11) is 0. The topological polar surface area (TPSA) is 17.8 Å². The predicted molar refractivity (Wildman–Crippen MR) is 68.1 cm³/mol. The first kappa shape index (κ1) is 9.81. The number of rotatable bonds is 3. The molecule has 0 fully saturated rings. The standard InChI is InChI=1S/C12H10N2S2/c1-3-10(15-7-1)12(11-4-2-8-16-11)14-6-5-13-9-14/h1-9,12H. The average Bonchev–Trinajstić information content (AvgIpc) is 3.02. The lowest BCUT2D eigenvalue weighted by molar-refractivity contribution is 0.700. The maximum atomic E-state index is 4.14. The fraction of sp³-hybridized carbons (Fsp3) is 0.0833. The highest BCUT2D eigenvalue weighted by atomic mass is 32.1. The van der Waals surface area contributed by atoms with Gasteiger partial charge < -0.3 is 4.57 Å². The Morgan fingerprint density at radius 3 is 2.19 bits per heavy atom. The van der Waals surface area contributed by atoms with Gasteiger partial charge in [-0.2, -0.15) is 0 Å². The molecule has 2 nitrogen and oxygen atoms in total. The summed E-state index contributed by atoms with van der Waals surface area (Å²) >= 11 is 3.57. The van der Waals surface area contributed by atoms with Crippen molar-refractivity contribution in [2.45, 2.75) is 6.04 Å². The van der Waals surface area contributed by atoms with Crippen molar-refractivity contribution in [3.63, 3.8) is 0 Å². The van der Waals surface area contributed by atoms with E-state index >= 15 is 0 Å². The van der Waals surface area contributed by atoms with Gasteiger partial charge in [0.1, 0.15) is 6.04 Å². The monoisotopic (exact) mass is 246 g/mol. The zero-order valence-corrected chi connectivity index (χ0v) is 10.1. The first-order valence-corrected chi connectivity index (χ1v) is 6.75. The van der Waals surface area contributed by atoms with E-state index in [0.29, 0.717) is 0 Å². The van der Waals surface area contributed by atoms with E-state index in [1.54, 1.807) is 22.7 Å². The second kappa shape index (κ2) is 4.23. The normalized spacial score (nSPS) is 11.1. The van der Waals surface area contributed by atoms with Crippen LogP contribution in [0.1, 0.15) is 15.8 Å². The van der Waals surface area contributed by atoms with Crippen LogP contribution in [0.15, 0.2) is 53.7 Å². The minimum Gasteiger partial charge on any atom is -0.324 e. The maximum absolute atomic E-state index is 4.14. The van der Waals surface area contributed by atoms with E-state index in [-0.39, 0.29) is 6.04 Å². The van der Waals surface area contributed by atoms with Gasteiger partial charge in [-0.05, 0) is 22.9 Å². The van der Waals surface area contributed by atoms with E-state index in [9.17, 15) is 0 Å². The van der Waals surface area contributed by atoms with Gasteiger partial charge in [-0.1, -0.05) is 12.1 Å². The van der Waals surface area contributed by atoms with E-state index in [2.05, 4.69) is 44.6 Å². The summed E-state index contributed by atoms with van der Waals surface area (Å²) in [5, 5.41) is 4.24. The van der Waals surface area contributed by atoms with E-state index in [0.717, 1.165) is 0 Å². The van der Waals surface area contributed by atoms with Crippen LogP contribution in [-0.4, -0.2) is 9.55 Å². The second-order valence-electron chi connectivity index (χ2n) is 3.44. The Morgan fingerprint density at radius 1 is 1.06 bits per heavy atom. The summed E-state index contributed by atoms with van der Waals surface area (Å²) in [6.07, 6.45) is 5.72. The van der Waals surface area contributed by atoms with Crippen molar-refractivity contribution < 1.29 is 0 Å². The first-order valence-electron chi connectivity index (χ1n) is 4.99. The molecule has 0 saturated carbocycles. The Kier molecular flexibility index (Phi) is 2.60. The summed E-state index contributed by atoms with van der Waals surface area (Å²) in [4.78, 5) is 6.83. The number of hydrogen-bond acceptors (Lipinski definition) is 3. The zero-order chi connectivity index (χ0) is 10.8. The van der Waals surface area contributed by atoms with Crippen molar-refractivity contribution in [2.75, 3.05) is 0 Å². The lowest BCUT2D eigenvalue weighted by Gasteiger charge is -2.15. The zero-order valence-electron chi connectivity index (χ0n) is 8.48. The van der Waals surface area contributed by atoms with Gasteiger partial charge in [0.25, 0.3) is 0 Å². The smallest absolute Gasteiger partial charge is 0.103 e. The van der Waals surface area contributed by atoms with Crippen LogP contribution in [0, 0.1) is 0 Å². The first-order chi connectivity index (χ1) is 7.95. The van der Waals surface area contributed by atoms with Gasteiger partial charge in [-0.3, -0.25) is 0 Å². The molecule has 3 aromatic heterocycles. The van der Waals surface area contributed by atoms with Crippen molar-refractivity contribution in [1.29, 1.82) is 0 Å². The van der Waals surface area contributed by atoms with E-state index in [1.165, 1.54) is 9.75 Å². The van der Waals surface area contributed by atoms with Crippen molar-refractivity contribution in [2.24, 2.45) is 0 Å². The minimum atomic E-state index is 0.280. The highest BCUT2D eigenvalue weighted by molar-refractivity contribution is 7.11. The van der Waals surface area contributed by atoms with Crippen LogP contribution in [0.25, 0.3) is 0 Å². The van der Waals surface area contributed by atoms with Crippen LogP contribution in [0.4, 0.5) is 0 Å². The second-order valence-corrected chi connectivity index (χ2v) is 5.40. The third-order valence-corrected chi connectivity index (χ3v) is 4.30. The summed E-state index contributed by atoms with van der Waals surface area (Å²) in [6, 6.07) is 8.82. The molecule has 0 spiro atoms. The molecule has 0 aromatic carbocycles. The summed E-state index contributed by atoms with van der Waals surface area (Å²) < 4.78 is 2.15. The lowest BCUT2D eigenvalue weighted by Crippen LogP contribution is -2.07. The molecule has 4 heteroatoms. The number of hydrogen-bond donors (Lipinski definition) is 0. The maximum Gasteiger partial charge on any atom is 0.103 e. The Balaban J connectivity index is 2.09. The van der Waals surface area contributed by atoms with Gasteiger partial charge in [0, 0.05) is 22.1 Å². The van der Waals surface area contributed by atoms with Crippen LogP contribution in [0.3, 0.4) is 0 Å². The third kappa shape index (κ3) is 1.70. The molecule has 0 radical (unpaired) electrons. The molecule has 3 heterocycles. The molecule has 0 amide bonds. The molecular weight excluding hydrogens is 236 g/mol. The average molecular weight is 246 g/mol. The van der Waals surface area contributed by atoms with Crippen LogP contribution in [0.2, 0.25) is 0 Å². The molecule has 3 rings (SSSR count). The Labute approximate surface area is 102 Å². The Hall–Kier alpha value is -1.39. The minimum absolute atomic E-state index is 0.280. The molecule has 0 bridgehead atoms. The molecule has 16 heavy (non-hydrogen) atoms. The molecule has 3 aromatic rings. The van der Waals surface area contributed by atoms with Gasteiger partial charge in [0.2, 0.25) is 0 Å². The van der Waals surface area contributed by atoms with Crippen LogP contribution >= 0.6 is 22.7 Å². The highest BCUT2D eigenvalue weighted by Crippen LogP contribution is 2.32. The van der Waals surface area contributed by atoms with Gasteiger partial charge in [-0.15, -0.1) is 22.7 Å². The molecule has 0 aliphatic carbocycles. The molecular formula is C12H10N2S2. The fourth-order valence-electron chi connectivity index (χ4n) is 1.75. The molecule has 0 aliphatic heterocycles. The van der Waals surface area contributed by atoms with E-state index in [1.807, 2.05) is 18.7 Å². The molecule has 80 valence electrons. The van der Waals surface area contributed by atoms with Crippen LogP contribution < -0.4 is 0 Å². The summed E-state index contributed by atoms with van der Waals surface area (Å²) in [6.45, 7) is 0. The van der Waals surface area contributed by atoms with Gasteiger partial charge in [0.15, 0.2) is 0 Å². The molecule has 0 N–H and O–H groups in total. The van der Waals surface area contributed by atoms with Gasteiger partial charge >= 0.3 is 0 Å². The largest absolute Gasteiger partial charge is 0.324 e. The number of imidazole rings is 1. The number of nitrogens with zero attached hydrogens (tertiary/aromatic N) is 2. The number of aromatic nitrogens is 2. The lowest BCUT2D eigenvalue weighted by atomic mass is 10.2. The van der Waals surface area contributed by atoms with E-state index < -0.39 is 0 Å². The SMILES string of the molecule is c1csc(C(c2cccs2)n2ccnc2)c1. The Morgan fingerprint density at radius 2 is 1.75 bits per heavy atom. The van der Waals surface area contributed by atoms with Crippen molar-refractivity contribution in [1.82, 2.24) is 9.55 Å². The highest BCUT2D eigenvalue weighted by Gasteiger charge is 2.17. The van der Waals surface area contributed by atoms with Crippen molar-refractivity contribution >= 4 is 22.7 Å². The van der Waals surface area contributed by atoms with Gasteiger partial charge in [0.05, 0.1) is 6.33 Å². The molecule has 0 saturated heterocycles. The van der Waals surface area contributed by atoms with Crippen molar-refractivity contribution in [3.05, 3.63) is 63.5 Å². The van der Waals surface area contributed by atoms with Gasteiger partial charge in [-0.25, -0.2) is 4.98 Å². The predicted octanol–water partition coefficient (Wildman–Crippen LogP) is 3.64. The third-order valence-electron chi connectivity index (χ3n) is 2.45. The molecule has 0 atom stereocenters. The molecule has 0 aliphatic rings. The molecule has 0 unspecified atom stereocenters. The fourth-order valence-corrected chi connectivity index (χ4v) is 3.52. The number of thiophene rings is 2.